The molecule has 6 heteroatoms. The lowest BCUT2D eigenvalue weighted by Crippen LogP contribution is -2.55. The number of rotatable bonds is 4. The van der Waals surface area contributed by atoms with Crippen LogP contribution in [0, 0.1) is 0 Å². The van der Waals surface area contributed by atoms with Crippen molar-refractivity contribution in [3.8, 4) is 0 Å². The first-order valence-corrected chi connectivity index (χ1v) is 6.55. The Balaban J connectivity index is 2.39. The van der Waals surface area contributed by atoms with E-state index in [1.165, 1.54) is 0 Å². The van der Waals surface area contributed by atoms with Crippen molar-refractivity contribution >= 4 is 16.7 Å². The van der Waals surface area contributed by atoms with Crippen LogP contribution >= 0.6 is 0 Å². The number of ether oxygens (including phenoxy) is 1. The van der Waals surface area contributed by atoms with Crippen LogP contribution in [0.3, 0.4) is 0 Å². The van der Waals surface area contributed by atoms with Crippen molar-refractivity contribution in [1.29, 1.82) is 0 Å². The quantitative estimate of drug-likeness (QED) is 0.653. The van der Waals surface area contributed by atoms with Crippen LogP contribution in [0.25, 0.3) is 0 Å². The molecule has 1 amide bonds. The zero-order chi connectivity index (χ0) is 11.5. The molecule has 1 rings (SSSR count). The smallest absolute Gasteiger partial charge is 0.242 e. The maximum Gasteiger partial charge on any atom is 0.242 e. The Morgan fingerprint density at radius 3 is 2.87 bits per heavy atom. The van der Waals surface area contributed by atoms with Gasteiger partial charge in [-0.1, -0.05) is 0 Å². The van der Waals surface area contributed by atoms with Gasteiger partial charge in [-0.2, -0.15) is 0 Å². The number of nitrogens with one attached hydrogen (secondary N) is 1. The molecule has 1 fully saturated rings. The largest absolute Gasteiger partial charge is 0.379 e. The first-order chi connectivity index (χ1) is 6.96. The summed E-state index contributed by atoms with van der Waals surface area (Å²) >= 11 is 0. The molecule has 3 atom stereocenters. The van der Waals surface area contributed by atoms with E-state index in [0.29, 0.717) is 19.6 Å². The van der Waals surface area contributed by atoms with E-state index in [-0.39, 0.29) is 17.8 Å². The number of amides is 1. The lowest BCUT2D eigenvalue weighted by atomic mass is 9.99. The van der Waals surface area contributed by atoms with Crippen LogP contribution in [0.4, 0.5) is 0 Å². The van der Waals surface area contributed by atoms with E-state index in [1.54, 1.807) is 6.26 Å². The molecule has 0 aromatic heterocycles. The lowest BCUT2D eigenvalue weighted by molar-refractivity contribution is -0.126. The zero-order valence-corrected chi connectivity index (χ0v) is 9.93. The van der Waals surface area contributed by atoms with Crippen molar-refractivity contribution in [2.24, 2.45) is 5.73 Å². The summed E-state index contributed by atoms with van der Waals surface area (Å²) in [4.78, 5) is 11.7. The number of nitrogens with two attached hydrogens (primary N) is 1. The third kappa shape index (κ3) is 3.25. The van der Waals surface area contributed by atoms with E-state index in [9.17, 15) is 9.00 Å². The van der Waals surface area contributed by atoms with Gasteiger partial charge in [0.25, 0.3) is 0 Å². The summed E-state index contributed by atoms with van der Waals surface area (Å²) in [5.41, 5.74) is 4.96. The summed E-state index contributed by atoms with van der Waals surface area (Å²) in [5, 5.41) is 2.65. The Labute approximate surface area is 92.2 Å². The highest BCUT2D eigenvalue weighted by Gasteiger charge is 2.38. The lowest BCUT2D eigenvalue weighted by Gasteiger charge is -2.21. The van der Waals surface area contributed by atoms with Gasteiger partial charge >= 0.3 is 0 Å². The monoisotopic (exact) mass is 234 g/mol. The Morgan fingerprint density at radius 2 is 2.40 bits per heavy atom. The second-order valence-corrected chi connectivity index (χ2v) is 5.78. The molecule has 0 aliphatic carbocycles. The average molecular weight is 234 g/mol. The second kappa shape index (κ2) is 5.05. The SMILES string of the molecule is CC(CNC(=O)C1(N)CCOC1)S(C)=O. The molecule has 1 heterocycles. The molecule has 0 bridgehead atoms. The highest BCUT2D eigenvalue weighted by molar-refractivity contribution is 7.84. The van der Waals surface area contributed by atoms with Crippen LogP contribution in [0.5, 0.6) is 0 Å². The second-order valence-electron chi connectivity index (χ2n) is 3.98. The van der Waals surface area contributed by atoms with Crippen molar-refractivity contribution in [3.05, 3.63) is 0 Å². The Morgan fingerprint density at radius 1 is 1.73 bits per heavy atom. The third-order valence-corrected chi connectivity index (χ3v) is 3.92. The molecular formula is C9H18N2O3S. The van der Waals surface area contributed by atoms with Gasteiger partial charge in [-0.25, -0.2) is 0 Å². The molecule has 88 valence electrons. The molecule has 0 aromatic rings. The molecule has 1 aliphatic rings. The summed E-state index contributed by atoms with van der Waals surface area (Å²) in [5.74, 6) is -0.211. The summed E-state index contributed by atoms with van der Waals surface area (Å²) in [6, 6.07) is 0. The van der Waals surface area contributed by atoms with Gasteiger partial charge in [0.2, 0.25) is 5.91 Å². The Kier molecular flexibility index (Phi) is 4.24. The first kappa shape index (κ1) is 12.6. The van der Waals surface area contributed by atoms with Gasteiger partial charge in [-0.05, 0) is 13.3 Å². The maximum absolute atomic E-state index is 11.7. The molecule has 0 radical (unpaired) electrons. The minimum absolute atomic E-state index is 0.0557. The average Bonchev–Trinajstić information content (AvgIpc) is 2.62. The number of hydrogen-bond donors (Lipinski definition) is 2. The summed E-state index contributed by atoms with van der Waals surface area (Å²) < 4.78 is 16.2. The van der Waals surface area contributed by atoms with Gasteiger partial charge in [-0.15, -0.1) is 0 Å². The Bertz CT molecular complexity index is 264. The molecule has 3 unspecified atom stereocenters. The minimum atomic E-state index is -0.929. The van der Waals surface area contributed by atoms with Crippen molar-refractivity contribution in [2.45, 2.75) is 24.1 Å². The third-order valence-electron chi connectivity index (χ3n) is 2.62. The fraction of sp³-hybridized carbons (Fsp3) is 0.889. The predicted octanol–water partition coefficient (Wildman–Crippen LogP) is -1.01. The molecule has 15 heavy (non-hydrogen) atoms. The van der Waals surface area contributed by atoms with Gasteiger partial charge in [0.15, 0.2) is 0 Å². The molecule has 0 saturated carbocycles. The highest BCUT2D eigenvalue weighted by Crippen LogP contribution is 2.15. The van der Waals surface area contributed by atoms with Crippen LogP contribution in [-0.2, 0) is 20.3 Å². The van der Waals surface area contributed by atoms with Crippen LogP contribution in [0.15, 0.2) is 0 Å². The fourth-order valence-electron chi connectivity index (χ4n) is 1.29. The summed E-state index contributed by atoms with van der Waals surface area (Å²) in [6.07, 6.45) is 2.16. The highest BCUT2D eigenvalue weighted by atomic mass is 32.2. The molecule has 0 aromatic carbocycles. The number of carbonyl (C=O) groups excluding carboxylic acids is 1. The molecule has 0 spiro atoms. The Hall–Kier alpha value is -0.460. The number of hydrogen-bond acceptors (Lipinski definition) is 4. The zero-order valence-electron chi connectivity index (χ0n) is 9.12. The normalized spacial score (nSPS) is 29.8. The van der Waals surface area contributed by atoms with E-state index in [0.717, 1.165) is 0 Å². The van der Waals surface area contributed by atoms with Gasteiger partial charge < -0.3 is 15.8 Å². The molecule has 1 aliphatic heterocycles. The van der Waals surface area contributed by atoms with Gasteiger partial charge in [-0.3, -0.25) is 9.00 Å². The minimum Gasteiger partial charge on any atom is -0.379 e. The molecule has 3 N–H and O–H groups in total. The first-order valence-electron chi connectivity index (χ1n) is 4.93. The van der Waals surface area contributed by atoms with E-state index in [1.807, 2.05) is 6.92 Å². The fourth-order valence-corrected chi connectivity index (χ4v) is 1.61. The number of carbonyl (C=O) groups is 1. The maximum atomic E-state index is 11.7. The van der Waals surface area contributed by atoms with E-state index in [4.69, 9.17) is 10.5 Å². The van der Waals surface area contributed by atoms with Crippen LogP contribution < -0.4 is 11.1 Å². The molecular weight excluding hydrogens is 216 g/mol. The van der Waals surface area contributed by atoms with Crippen LogP contribution in [0.2, 0.25) is 0 Å². The van der Waals surface area contributed by atoms with E-state index >= 15 is 0 Å². The van der Waals surface area contributed by atoms with Crippen molar-refractivity contribution in [1.82, 2.24) is 5.32 Å². The predicted molar refractivity (Wildman–Crippen MR) is 58.9 cm³/mol. The molecule has 1 saturated heterocycles. The van der Waals surface area contributed by atoms with Gasteiger partial charge in [0, 0.05) is 35.5 Å². The van der Waals surface area contributed by atoms with Crippen LogP contribution in [-0.4, -0.2) is 46.9 Å². The summed E-state index contributed by atoms with van der Waals surface area (Å²) in [6.45, 7) is 3.01. The topological polar surface area (TPSA) is 81.4 Å². The standard InChI is InChI=1S/C9H18N2O3S/c1-7(15(2)13)5-11-8(12)9(10)3-4-14-6-9/h7H,3-6,10H2,1-2H3,(H,11,12). The van der Waals surface area contributed by atoms with Crippen molar-refractivity contribution < 1.29 is 13.7 Å². The van der Waals surface area contributed by atoms with Gasteiger partial charge in [0.05, 0.1) is 6.61 Å². The van der Waals surface area contributed by atoms with E-state index in [2.05, 4.69) is 5.32 Å². The van der Waals surface area contributed by atoms with Crippen molar-refractivity contribution in [3.63, 3.8) is 0 Å². The van der Waals surface area contributed by atoms with Gasteiger partial charge in [0.1, 0.15) is 5.54 Å². The molecule has 5 nitrogen and oxygen atoms in total. The van der Waals surface area contributed by atoms with Crippen molar-refractivity contribution in [2.75, 3.05) is 26.0 Å². The summed E-state index contributed by atoms with van der Waals surface area (Å²) in [7, 11) is -0.929. The van der Waals surface area contributed by atoms with E-state index < -0.39 is 16.3 Å². The van der Waals surface area contributed by atoms with Crippen LogP contribution in [0.1, 0.15) is 13.3 Å².